The zero-order chi connectivity index (χ0) is 14.2. The number of carbonyl (C=O) groups is 2. The van der Waals surface area contributed by atoms with Crippen molar-refractivity contribution in [3.63, 3.8) is 0 Å². The third-order valence-electron chi connectivity index (χ3n) is 2.68. The number of carbonyl (C=O) groups excluding carboxylic acids is 2. The summed E-state index contributed by atoms with van der Waals surface area (Å²) in [5, 5.41) is 13.9. The van der Waals surface area contributed by atoms with Gasteiger partial charge in [-0.3, -0.25) is 10.1 Å². The molecule has 1 heterocycles. The van der Waals surface area contributed by atoms with Gasteiger partial charge in [0.25, 0.3) is 5.91 Å². The van der Waals surface area contributed by atoms with Gasteiger partial charge in [0.05, 0.1) is 5.56 Å². The number of hydrogen-bond acceptors (Lipinski definition) is 3. The highest BCUT2D eigenvalue weighted by molar-refractivity contribution is 6.04. The molecule has 1 fully saturated rings. The van der Waals surface area contributed by atoms with Crippen molar-refractivity contribution < 1.29 is 27.9 Å². The Kier molecular flexibility index (Phi) is 3.19. The van der Waals surface area contributed by atoms with Gasteiger partial charge in [-0.1, -0.05) is 12.1 Å². The SMILES string of the molecule is O=C1NC(=O)C(C(O)c2cccc(C(F)(F)F)c2)N1. The highest BCUT2D eigenvalue weighted by atomic mass is 19.4. The Labute approximate surface area is 105 Å². The van der Waals surface area contributed by atoms with Gasteiger partial charge in [-0.2, -0.15) is 13.2 Å². The number of rotatable bonds is 2. The number of alkyl halides is 3. The second-order valence-electron chi connectivity index (χ2n) is 4.01. The van der Waals surface area contributed by atoms with Gasteiger partial charge >= 0.3 is 12.2 Å². The molecule has 102 valence electrons. The molecule has 0 bridgehead atoms. The van der Waals surface area contributed by atoms with E-state index in [4.69, 9.17) is 0 Å². The van der Waals surface area contributed by atoms with Crippen molar-refractivity contribution in [1.29, 1.82) is 0 Å². The quantitative estimate of drug-likeness (QED) is 0.702. The molecule has 3 amide bonds. The van der Waals surface area contributed by atoms with E-state index in [2.05, 4.69) is 5.32 Å². The van der Waals surface area contributed by atoms with Crippen LogP contribution in [0, 0.1) is 0 Å². The van der Waals surface area contributed by atoms with E-state index in [0.717, 1.165) is 18.2 Å². The van der Waals surface area contributed by atoms with E-state index in [0.29, 0.717) is 0 Å². The Morgan fingerprint density at radius 2 is 1.95 bits per heavy atom. The smallest absolute Gasteiger partial charge is 0.386 e. The minimum absolute atomic E-state index is 0.0998. The normalized spacial score (nSPS) is 20.9. The van der Waals surface area contributed by atoms with Crippen molar-refractivity contribution >= 4 is 11.9 Å². The van der Waals surface area contributed by atoms with Crippen LogP contribution < -0.4 is 10.6 Å². The Hall–Kier alpha value is -2.09. The second kappa shape index (κ2) is 4.54. The average Bonchev–Trinajstić information content (AvgIpc) is 2.66. The number of nitrogens with one attached hydrogen (secondary N) is 2. The summed E-state index contributed by atoms with van der Waals surface area (Å²) in [6.07, 6.45) is -6.09. The first kappa shape index (κ1) is 13.3. The molecule has 3 N–H and O–H groups in total. The summed E-state index contributed by atoms with van der Waals surface area (Å²) in [5.41, 5.74) is -1.04. The summed E-state index contributed by atoms with van der Waals surface area (Å²) < 4.78 is 37.5. The zero-order valence-electron chi connectivity index (χ0n) is 9.36. The summed E-state index contributed by atoms with van der Waals surface area (Å²) in [4.78, 5) is 22.2. The van der Waals surface area contributed by atoms with Gasteiger partial charge in [-0.15, -0.1) is 0 Å². The zero-order valence-corrected chi connectivity index (χ0v) is 9.36. The number of benzene rings is 1. The maximum atomic E-state index is 12.5. The van der Waals surface area contributed by atoms with Crippen LogP contribution in [-0.2, 0) is 11.0 Å². The number of aliphatic hydroxyl groups is 1. The Bertz CT molecular complexity index is 530. The topological polar surface area (TPSA) is 78.4 Å². The van der Waals surface area contributed by atoms with Gasteiger partial charge in [-0.05, 0) is 17.7 Å². The van der Waals surface area contributed by atoms with E-state index >= 15 is 0 Å². The van der Waals surface area contributed by atoms with Gasteiger partial charge in [0.2, 0.25) is 0 Å². The van der Waals surface area contributed by atoms with Crippen LogP contribution in [0.4, 0.5) is 18.0 Å². The molecular formula is C11H9F3N2O3. The van der Waals surface area contributed by atoms with Crippen molar-refractivity contribution in [2.45, 2.75) is 18.3 Å². The van der Waals surface area contributed by atoms with Crippen LogP contribution in [0.1, 0.15) is 17.2 Å². The summed E-state index contributed by atoms with van der Waals surface area (Å²) in [7, 11) is 0. The molecule has 1 aliphatic heterocycles. The van der Waals surface area contributed by atoms with Crippen LogP contribution in [0.5, 0.6) is 0 Å². The lowest BCUT2D eigenvalue weighted by molar-refractivity contribution is -0.137. The Morgan fingerprint density at radius 3 is 2.47 bits per heavy atom. The molecule has 2 rings (SSSR count). The average molecular weight is 274 g/mol. The maximum Gasteiger partial charge on any atom is 0.416 e. The van der Waals surface area contributed by atoms with E-state index in [1.165, 1.54) is 6.07 Å². The molecule has 2 unspecified atom stereocenters. The summed E-state index contributed by atoms with van der Waals surface area (Å²) in [6, 6.07) is 1.87. The maximum absolute atomic E-state index is 12.5. The van der Waals surface area contributed by atoms with E-state index in [-0.39, 0.29) is 5.56 Å². The van der Waals surface area contributed by atoms with Crippen LogP contribution in [0.15, 0.2) is 24.3 Å². The predicted octanol–water partition coefficient (Wildman–Crippen LogP) is 0.947. The third kappa shape index (κ3) is 2.68. The van der Waals surface area contributed by atoms with Crippen LogP contribution >= 0.6 is 0 Å². The Morgan fingerprint density at radius 1 is 1.26 bits per heavy atom. The lowest BCUT2D eigenvalue weighted by Crippen LogP contribution is -2.35. The van der Waals surface area contributed by atoms with E-state index < -0.39 is 35.8 Å². The van der Waals surface area contributed by atoms with Gasteiger partial charge in [0, 0.05) is 0 Å². The van der Waals surface area contributed by atoms with Crippen LogP contribution in [-0.4, -0.2) is 23.1 Å². The fourth-order valence-corrected chi connectivity index (χ4v) is 1.75. The summed E-state index contributed by atoms with van der Waals surface area (Å²) in [5.74, 6) is -0.782. The monoisotopic (exact) mass is 274 g/mol. The van der Waals surface area contributed by atoms with Crippen molar-refractivity contribution in [1.82, 2.24) is 10.6 Å². The molecule has 8 heteroatoms. The Balaban J connectivity index is 2.27. The van der Waals surface area contributed by atoms with E-state index in [1.54, 1.807) is 0 Å². The minimum atomic E-state index is -4.54. The molecule has 2 atom stereocenters. The lowest BCUT2D eigenvalue weighted by atomic mass is 10.00. The first-order valence-electron chi connectivity index (χ1n) is 5.25. The fraction of sp³-hybridized carbons (Fsp3) is 0.273. The first-order chi connectivity index (χ1) is 8.79. The van der Waals surface area contributed by atoms with Crippen molar-refractivity contribution in [3.05, 3.63) is 35.4 Å². The van der Waals surface area contributed by atoms with Crippen molar-refractivity contribution in [2.24, 2.45) is 0 Å². The molecule has 0 aromatic heterocycles. The second-order valence-corrected chi connectivity index (χ2v) is 4.01. The number of imide groups is 1. The van der Waals surface area contributed by atoms with Gasteiger partial charge < -0.3 is 10.4 Å². The molecule has 0 radical (unpaired) electrons. The van der Waals surface area contributed by atoms with Crippen LogP contribution in [0.2, 0.25) is 0 Å². The highest BCUT2D eigenvalue weighted by Gasteiger charge is 2.37. The first-order valence-corrected chi connectivity index (χ1v) is 5.25. The molecule has 5 nitrogen and oxygen atoms in total. The van der Waals surface area contributed by atoms with Gasteiger partial charge in [0.1, 0.15) is 12.1 Å². The van der Waals surface area contributed by atoms with Crippen LogP contribution in [0.25, 0.3) is 0 Å². The number of urea groups is 1. The third-order valence-corrected chi connectivity index (χ3v) is 2.68. The fourth-order valence-electron chi connectivity index (χ4n) is 1.75. The molecule has 1 aromatic rings. The molecule has 0 aliphatic carbocycles. The molecule has 0 saturated carbocycles. The predicted molar refractivity (Wildman–Crippen MR) is 56.9 cm³/mol. The molecule has 0 spiro atoms. The van der Waals surface area contributed by atoms with Crippen molar-refractivity contribution in [3.8, 4) is 0 Å². The number of aliphatic hydroxyl groups excluding tert-OH is 1. The molecule has 1 saturated heterocycles. The molecular weight excluding hydrogens is 265 g/mol. The molecule has 1 aliphatic rings. The van der Waals surface area contributed by atoms with E-state index in [9.17, 15) is 27.9 Å². The van der Waals surface area contributed by atoms with Crippen molar-refractivity contribution in [2.75, 3.05) is 0 Å². The lowest BCUT2D eigenvalue weighted by Gasteiger charge is -2.17. The van der Waals surface area contributed by atoms with Crippen LogP contribution in [0.3, 0.4) is 0 Å². The van der Waals surface area contributed by atoms with Gasteiger partial charge in [-0.25, -0.2) is 4.79 Å². The summed E-state index contributed by atoms with van der Waals surface area (Å²) >= 11 is 0. The highest BCUT2D eigenvalue weighted by Crippen LogP contribution is 2.31. The minimum Gasteiger partial charge on any atom is -0.386 e. The number of hydrogen-bond donors (Lipinski definition) is 3. The largest absolute Gasteiger partial charge is 0.416 e. The molecule has 19 heavy (non-hydrogen) atoms. The molecule has 1 aromatic carbocycles. The van der Waals surface area contributed by atoms with E-state index in [1.807, 2.05) is 5.32 Å². The standard InChI is InChI=1S/C11H9F3N2O3/c12-11(13,14)6-3-1-2-5(4-6)8(17)7-9(18)16-10(19)15-7/h1-4,7-8,17H,(H2,15,16,18,19). The number of amides is 3. The van der Waals surface area contributed by atoms with Gasteiger partial charge in [0.15, 0.2) is 0 Å². The summed E-state index contributed by atoms with van der Waals surface area (Å²) in [6.45, 7) is 0. The number of halogens is 3.